The van der Waals surface area contributed by atoms with Gasteiger partial charge in [0.2, 0.25) is 0 Å². The van der Waals surface area contributed by atoms with Crippen molar-refractivity contribution in [1.29, 1.82) is 0 Å². The maximum Gasteiger partial charge on any atom is 0.307 e. The zero-order chi connectivity index (χ0) is 9.68. The number of benzene rings is 1. The Hall–Kier alpha value is -1.77. The quantitative estimate of drug-likeness (QED) is 0.715. The van der Waals surface area contributed by atoms with E-state index in [1.165, 1.54) is 6.26 Å². The minimum absolute atomic E-state index is 0.00828. The van der Waals surface area contributed by atoms with Crippen LogP contribution in [0, 0.1) is 0 Å². The van der Waals surface area contributed by atoms with Crippen molar-refractivity contribution in [2.45, 2.75) is 6.42 Å². The predicted octanol–water partition coefficient (Wildman–Crippen LogP) is 1.84. The van der Waals surface area contributed by atoms with Gasteiger partial charge in [-0.2, -0.15) is 0 Å². The molecule has 0 unspecified atom stereocenters. The van der Waals surface area contributed by atoms with Gasteiger partial charge in [-0.15, -0.1) is 0 Å². The van der Waals surface area contributed by atoms with E-state index >= 15 is 0 Å². The molecule has 13 heavy (non-hydrogen) atoms. The second-order valence-electron chi connectivity index (χ2n) is 2.50. The molecule has 68 valence electrons. The molecule has 3 heteroatoms. The summed E-state index contributed by atoms with van der Waals surface area (Å²) in [5, 5.41) is 8.53. The van der Waals surface area contributed by atoms with E-state index in [1.54, 1.807) is 24.3 Å². The van der Waals surface area contributed by atoms with Gasteiger partial charge in [0.1, 0.15) is 5.75 Å². The van der Waals surface area contributed by atoms with Gasteiger partial charge in [-0.25, -0.2) is 0 Å². The highest BCUT2D eigenvalue weighted by molar-refractivity contribution is 5.70. The zero-order valence-electron chi connectivity index (χ0n) is 7.06. The Bertz CT molecular complexity index is 318. The minimum Gasteiger partial charge on any atom is -0.481 e. The van der Waals surface area contributed by atoms with Crippen LogP contribution in [0.3, 0.4) is 0 Å². The maximum atomic E-state index is 10.4. The monoisotopic (exact) mass is 178 g/mol. The molecule has 1 aromatic carbocycles. The van der Waals surface area contributed by atoms with Crippen molar-refractivity contribution < 1.29 is 14.6 Å². The summed E-state index contributed by atoms with van der Waals surface area (Å²) in [5.41, 5.74) is 0.715. The molecule has 0 bridgehead atoms. The smallest absolute Gasteiger partial charge is 0.307 e. The van der Waals surface area contributed by atoms with Gasteiger partial charge in [0.15, 0.2) is 0 Å². The second-order valence-corrected chi connectivity index (χ2v) is 2.50. The number of aliphatic carboxylic acids is 1. The Labute approximate surface area is 76.3 Å². The molecule has 1 aromatic rings. The highest BCUT2D eigenvalue weighted by Gasteiger charge is 2.00. The molecule has 0 aliphatic carbocycles. The first-order valence-electron chi connectivity index (χ1n) is 3.80. The average Bonchev–Trinajstić information content (AvgIpc) is 2.04. The number of carbonyl (C=O) groups is 1. The topological polar surface area (TPSA) is 46.5 Å². The first-order valence-corrected chi connectivity index (χ1v) is 3.80. The molecular formula is C10H10O3. The fourth-order valence-corrected chi connectivity index (χ4v) is 1.000. The number of carboxylic acid groups (broad SMARTS) is 1. The Morgan fingerprint density at radius 2 is 2.38 bits per heavy atom. The maximum absolute atomic E-state index is 10.4. The van der Waals surface area contributed by atoms with E-state index in [4.69, 9.17) is 9.84 Å². The zero-order valence-corrected chi connectivity index (χ0v) is 7.06. The molecule has 0 radical (unpaired) electrons. The lowest BCUT2D eigenvalue weighted by Crippen LogP contribution is -1.99. The summed E-state index contributed by atoms with van der Waals surface area (Å²) < 4.78 is 5.00. The first-order chi connectivity index (χ1) is 6.22. The number of ether oxygens (including phenoxy) is 1. The number of hydrogen-bond acceptors (Lipinski definition) is 2. The number of carboxylic acids is 1. The summed E-state index contributed by atoms with van der Waals surface area (Å²) in [7, 11) is 0. The molecule has 0 saturated heterocycles. The third-order valence-corrected chi connectivity index (χ3v) is 1.47. The van der Waals surface area contributed by atoms with E-state index in [0.29, 0.717) is 11.3 Å². The van der Waals surface area contributed by atoms with E-state index in [9.17, 15) is 4.79 Å². The fourth-order valence-electron chi connectivity index (χ4n) is 1.000. The molecule has 0 saturated carbocycles. The van der Waals surface area contributed by atoms with Gasteiger partial charge in [0, 0.05) is 0 Å². The molecule has 0 amide bonds. The lowest BCUT2D eigenvalue weighted by Gasteiger charge is -2.01. The largest absolute Gasteiger partial charge is 0.481 e. The first kappa shape index (κ1) is 9.32. The normalized spacial score (nSPS) is 9.23. The Balaban J connectivity index is 2.78. The van der Waals surface area contributed by atoms with Crippen LogP contribution in [0.2, 0.25) is 0 Å². The van der Waals surface area contributed by atoms with Crippen molar-refractivity contribution in [2.75, 3.05) is 0 Å². The van der Waals surface area contributed by atoms with Crippen molar-refractivity contribution in [1.82, 2.24) is 0 Å². The molecule has 0 aliphatic heterocycles. The van der Waals surface area contributed by atoms with Crippen molar-refractivity contribution in [3.05, 3.63) is 42.7 Å². The van der Waals surface area contributed by atoms with Crippen LogP contribution in [0.4, 0.5) is 0 Å². The summed E-state index contributed by atoms with van der Waals surface area (Å²) in [4.78, 5) is 10.4. The van der Waals surface area contributed by atoms with Gasteiger partial charge < -0.3 is 9.84 Å². The Morgan fingerprint density at radius 3 is 3.00 bits per heavy atom. The van der Waals surface area contributed by atoms with Crippen molar-refractivity contribution in [3.63, 3.8) is 0 Å². The third kappa shape index (κ3) is 2.99. The molecule has 1 rings (SSSR count). The Kier molecular flexibility index (Phi) is 3.09. The standard InChI is InChI=1S/C10H10O3/c1-2-13-9-5-3-4-8(6-9)7-10(11)12/h2-6H,1,7H2,(H,11,12). The summed E-state index contributed by atoms with van der Waals surface area (Å²) in [6.07, 6.45) is 1.31. The molecule has 0 aromatic heterocycles. The lowest BCUT2D eigenvalue weighted by atomic mass is 10.1. The van der Waals surface area contributed by atoms with Crippen LogP contribution in [0.15, 0.2) is 37.1 Å². The van der Waals surface area contributed by atoms with Crippen LogP contribution in [-0.2, 0) is 11.2 Å². The van der Waals surface area contributed by atoms with Crippen molar-refractivity contribution >= 4 is 5.97 Å². The van der Waals surface area contributed by atoms with E-state index in [2.05, 4.69) is 6.58 Å². The minimum atomic E-state index is -0.851. The van der Waals surface area contributed by atoms with Crippen LogP contribution in [0.5, 0.6) is 5.75 Å². The molecule has 0 aliphatic rings. The third-order valence-electron chi connectivity index (χ3n) is 1.47. The van der Waals surface area contributed by atoms with Crippen LogP contribution >= 0.6 is 0 Å². The molecular weight excluding hydrogens is 168 g/mol. The SMILES string of the molecule is C=COc1cccc(CC(=O)O)c1. The molecule has 0 atom stereocenters. The molecule has 0 spiro atoms. The highest BCUT2D eigenvalue weighted by atomic mass is 16.5. The molecule has 0 heterocycles. The Morgan fingerprint density at radius 1 is 1.62 bits per heavy atom. The molecule has 3 nitrogen and oxygen atoms in total. The van der Waals surface area contributed by atoms with Crippen LogP contribution in [0.1, 0.15) is 5.56 Å². The van der Waals surface area contributed by atoms with Crippen molar-refractivity contribution in [2.24, 2.45) is 0 Å². The van der Waals surface area contributed by atoms with Crippen LogP contribution in [0.25, 0.3) is 0 Å². The van der Waals surface area contributed by atoms with Gasteiger partial charge in [0.05, 0.1) is 12.7 Å². The average molecular weight is 178 g/mol. The van der Waals surface area contributed by atoms with Gasteiger partial charge >= 0.3 is 5.97 Å². The van der Waals surface area contributed by atoms with Crippen molar-refractivity contribution in [3.8, 4) is 5.75 Å². The number of hydrogen-bond donors (Lipinski definition) is 1. The summed E-state index contributed by atoms with van der Waals surface area (Å²) in [6.45, 7) is 3.41. The van der Waals surface area contributed by atoms with E-state index in [1.807, 2.05) is 0 Å². The summed E-state index contributed by atoms with van der Waals surface area (Å²) >= 11 is 0. The van der Waals surface area contributed by atoms with Crippen LogP contribution < -0.4 is 4.74 Å². The number of rotatable bonds is 4. The fraction of sp³-hybridized carbons (Fsp3) is 0.100. The molecule has 1 N–H and O–H groups in total. The summed E-state index contributed by atoms with van der Waals surface area (Å²) in [6, 6.07) is 6.91. The van der Waals surface area contributed by atoms with Gasteiger partial charge in [-0.05, 0) is 17.7 Å². The predicted molar refractivity (Wildman–Crippen MR) is 48.6 cm³/mol. The van der Waals surface area contributed by atoms with Gasteiger partial charge in [-0.3, -0.25) is 4.79 Å². The van der Waals surface area contributed by atoms with E-state index in [-0.39, 0.29) is 6.42 Å². The second kappa shape index (κ2) is 4.30. The highest BCUT2D eigenvalue weighted by Crippen LogP contribution is 2.13. The van der Waals surface area contributed by atoms with E-state index < -0.39 is 5.97 Å². The van der Waals surface area contributed by atoms with Crippen LogP contribution in [-0.4, -0.2) is 11.1 Å². The lowest BCUT2D eigenvalue weighted by molar-refractivity contribution is -0.136. The van der Waals surface area contributed by atoms with E-state index in [0.717, 1.165) is 0 Å². The summed E-state index contributed by atoms with van der Waals surface area (Å²) in [5.74, 6) is -0.246. The van der Waals surface area contributed by atoms with Gasteiger partial charge in [-0.1, -0.05) is 18.7 Å². The molecule has 0 fully saturated rings. The van der Waals surface area contributed by atoms with Gasteiger partial charge in [0.25, 0.3) is 0 Å².